The number of hydrogen-bond acceptors (Lipinski definition) is 3. The van der Waals surface area contributed by atoms with Crippen LogP contribution in [-0.4, -0.2) is 36.5 Å². The van der Waals surface area contributed by atoms with E-state index in [2.05, 4.69) is 10.8 Å². The molecule has 2 bridgehead atoms. The van der Waals surface area contributed by atoms with Gasteiger partial charge in [0, 0.05) is 13.0 Å². The van der Waals surface area contributed by atoms with E-state index in [4.69, 9.17) is 0 Å². The van der Waals surface area contributed by atoms with Crippen LogP contribution in [0.1, 0.15) is 19.3 Å². The van der Waals surface area contributed by atoms with E-state index in [1.807, 2.05) is 0 Å². The molecule has 2 aliphatic rings. The Bertz CT molecular complexity index is 308. The van der Waals surface area contributed by atoms with Crippen LogP contribution in [-0.2, 0) is 14.3 Å². The first kappa shape index (κ1) is 9.24. The summed E-state index contributed by atoms with van der Waals surface area (Å²) in [6.07, 6.45) is 4.04. The lowest BCUT2D eigenvalue weighted by Gasteiger charge is -2.37. The molecule has 76 valence electrons. The van der Waals surface area contributed by atoms with Crippen LogP contribution in [0.15, 0.2) is 11.6 Å². The summed E-state index contributed by atoms with van der Waals surface area (Å²) >= 11 is 0. The molecule has 4 nitrogen and oxygen atoms in total. The normalized spacial score (nSPS) is 25.8. The smallest absolute Gasteiger partial charge is 0.328 e. The van der Waals surface area contributed by atoms with Gasteiger partial charge in [0.25, 0.3) is 0 Å². The standard InChI is InChI=1S/C10H13NO3/c1-14-10(13)8-4-2-7-3-5-9(12)11(8)6-7/h2,8H,3-6H2,1H3/t8-/m1/s1. The lowest BCUT2D eigenvalue weighted by molar-refractivity contribution is -0.153. The van der Waals surface area contributed by atoms with Gasteiger partial charge in [-0.1, -0.05) is 11.6 Å². The average Bonchev–Trinajstić information content (AvgIpc) is 2.23. The van der Waals surface area contributed by atoms with Crippen LogP contribution >= 0.6 is 0 Å². The van der Waals surface area contributed by atoms with E-state index in [1.165, 1.54) is 12.7 Å². The molecule has 1 amide bonds. The molecule has 0 aromatic heterocycles. The van der Waals surface area contributed by atoms with Crippen molar-refractivity contribution in [2.75, 3.05) is 13.7 Å². The molecule has 2 heterocycles. The van der Waals surface area contributed by atoms with Crippen molar-refractivity contribution in [2.24, 2.45) is 0 Å². The molecule has 14 heavy (non-hydrogen) atoms. The van der Waals surface area contributed by atoms with E-state index in [-0.39, 0.29) is 11.9 Å². The number of piperidine rings is 1. The number of hydrogen-bond donors (Lipinski definition) is 0. The summed E-state index contributed by atoms with van der Waals surface area (Å²) in [5.74, 6) is -0.243. The molecule has 0 aliphatic carbocycles. The molecular formula is C10H13NO3. The molecule has 0 aromatic rings. The predicted molar refractivity (Wildman–Crippen MR) is 49.5 cm³/mol. The zero-order valence-electron chi connectivity index (χ0n) is 8.16. The maximum atomic E-state index is 11.5. The number of amides is 1. The number of rotatable bonds is 1. The van der Waals surface area contributed by atoms with Crippen molar-refractivity contribution < 1.29 is 14.3 Å². The highest BCUT2D eigenvalue weighted by atomic mass is 16.5. The maximum absolute atomic E-state index is 11.5. The SMILES string of the molecule is COC(=O)[C@H]1CC=C2CCC(=O)N1C2. The van der Waals surface area contributed by atoms with E-state index < -0.39 is 6.04 Å². The Kier molecular flexibility index (Phi) is 2.27. The van der Waals surface area contributed by atoms with Crippen molar-refractivity contribution in [2.45, 2.75) is 25.3 Å². The predicted octanol–water partition coefficient (Wildman–Crippen LogP) is 0.480. The van der Waals surface area contributed by atoms with Crippen LogP contribution in [0.2, 0.25) is 0 Å². The molecule has 1 saturated heterocycles. The molecule has 0 saturated carbocycles. The zero-order chi connectivity index (χ0) is 10.1. The van der Waals surface area contributed by atoms with E-state index in [0.717, 1.165) is 6.42 Å². The monoisotopic (exact) mass is 195 g/mol. The third-order valence-corrected chi connectivity index (χ3v) is 2.83. The lowest BCUT2D eigenvalue weighted by Crippen LogP contribution is -2.50. The topological polar surface area (TPSA) is 46.6 Å². The minimum Gasteiger partial charge on any atom is -0.467 e. The van der Waals surface area contributed by atoms with Crippen LogP contribution in [0.3, 0.4) is 0 Å². The maximum Gasteiger partial charge on any atom is 0.328 e. The highest BCUT2D eigenvalue weighted by Gasteiger charge is 2.35. The summed E-state index contributed by atoms with van der Waals surface area (Å²) in [7, 11) is 1.36. The largest absolute Gasteiger partial charge is 0.467 e. The Morgan fingerprint density at radius 1 is 1.57 bits per heavy atom. The molecule has 4 heteroatoms. The van der Waals surface area contributed by atoms with Gasteiger partial charge >= 0.3 is 5.97 Å². The van der Waals surface area contributed by atoms with E-state index in [9.17, 15) is 9.59 Å². The second-order valence-corrected chi connectivity index (χ2v) is 3.66. The minimum absolute atomic E-state index is 0.0669. The zero-order valence-corrected chi connectivity index (χ0v) is 8.16. The summed E-state index contributed by atoms with van der Waals surface area (Å²) in [6, 6.07) is -0.392. The van der Waals surface area contributed by atoms with Gasteiger partial charge in [-0.25, -0.2) is 4.79 Å². The molecule has 2 rings (SSSR count). The van der Waals surface area contributed by atoms with Crippen LogP contribution in [0.4, 0.5) is 0 Å². The van der Waals surface area contributed by atoms with Crippen LogP contribution in [0.5, 0.6) is 0 Å². The summed E-state index contributed by atoms with van der Waals surface area (Å²) in [6.45, 7) is 0.610. The first-order valence-corrected chi connectivity index (χ1v) is 4.77. The van der Waals surface area contributed by atoms with Gasteiger partial charge in [-0.05, 0) is 12.8 Å². The van der Waals surface area contributed by atoms with Crippen molar-refractivity contribution in [1.82, 2.24) is 4.90 Å². The number of ether oxygens (including phenoxy) is 1. The molecule has 0 radical (unpaired) electrons. The number of fused-ring (bicyclic) bond motifs is 2. The minimum atomic E-state index is -0.392. The van der Waals surface area contributed by atoms with Gasteiger partial charge in [-0.2, -0.15) is 0 Å². The van der Waals surface area contributed by atoms with Gasteiger partial charge < -0.3 is 9.64 Å². The summed E-state index contributed by atoms with van der Waals surface area (Å²) < 4.78 is 4.67. The average molecular weight is 195 g/mol. The summed E-state index contributed by atoms with van der Waals surface area (Å²) in [5, 5.41) is 0. The van der Waals surface area contributed by atoms with Crippen molar-refractivity contribution in [3.05, 3.63) is 11.6 Å². The highest BCUT2D eigenvalue weighted by molar-refractivity contribution is 5.86. The quantitative estimate of drug-likeness (QED) is 0.451. The Morgan fingerprint density at radius 3 is 3.07 bits per heavy atom. The first-order chi connectivity index (χ1) is 6.72. The Hall–Kier alpha value is -1.32. The van der Waals surface area contributed by atoms with Crippen LogP contribution in [0, 0.1) is 0 Å². The summed E-state index contributed by atoms with van der Waals surface area (Å²) in [4.78, 5) is 24.5. The molecule has 0 spiro atoms. The van der Waals surface area contributed by atoms with Crippen molar-refractivity contribution in [3.63, 3.8) is 0 Å². The number of methoxy groups -OCH3 is 1. The molecule has 2 aliphatic heterocycles. The van der Waals surface area contributed by atoms with Crippen LogP contribution < -0.4 is 0 Å². The van der Waals surface area contributed by atoms with Gasteiger partial charge in [0.1, 0.15) is 6.04 Å². The van der Waals surface area contributed by atoms with Crippen molar-refractivity contribution in [3.8, 4) is 0 Å². The Balaban J connectivity index is 2.21. The molecular weight excluding hydrogens is 182 g/mol. The number of carbonyl (C=O) groups is 2. The van der Waals surface area contributed by atoms with Crippen molar-refractivity contribution >= 4 is 11.9 Å². The van der Waals surface area contributed by atoms with Gasteiger partial charge in [-0.3, -0.25) is 4.79 Å². The second-order valence-electron chi connectivity index (χ2n) is 3.66. The van der Waals surface area contributed by atoms with E-state index in [0.29, 0.717) is 19.4 Å². The van der Waals surface area contributed by atoms with Crippen LogP contribution in [0.25, 0.3) is 0 Å². The van der Waals surface area contributed by atoms with Crippen molar-refractivity contribution in [1.29, 1.82) is 0 Å². The van der Waals surface area contributed by atoms with E-state index >= 15 is 0 Å². The number of nitrogens with zero attached hydrogens (tertiary/aromatic N) is 1. The van der Waals surface area contributed by atoms with Gasteiger partial charge in [0.15, 0.2) is 0 Å². The van der Waals surface area contributed by atoms with E-state index in [1.54, 1.807) is 4.90 Å². The number of esters is 1. The highest BCUT2D eigenvalue weighted by Crippen LogP contribution is 2.26. The molecule has 0 unspecified atom stereocenters. The Morgan fingerprint density at radius 2 is 2.36 bits per heavy atom. The van der Waals surface area contributed by atoms with Gasteiger partial charge in [0.2, 0.25) is 5.91 Å². The first-order valence-electron chi connectivity index (χ1n) is 4.77. The molecule has 1 atom stereocenters. The molecule has 0 aromatic carbocycles. The molecule has 0 N–H and O–H groups in total. The fourth-order valence-corrected chi connectivity index (χ4v) is 2.01. The molecule has 1 fully saturated rings. The van der Waals surface area contributed by atoms with Gasteiger partial charge in [0.05, 0.1) is 7.11 Å². The lowest BCUT2D eigenvalue weighted by atomic mass is 9.94. The fourth-order valence-electron chi connectivity index (χ4n) is 2.01. The fraction of sp³-hybridized carbons (Fsp3) is 0.600. The third kappa shape index (κ3) is 1.41. The Labute approximate surface area is 82.5 Å². The second kappa shape index (κ2) is 3.44. The third-order valence-electron chi connectivity index (χ3n) is 2.83. The summed E-state index contributed by atoms with van der Waals surface area (Å²) in [5.41, 5.74) is 1.27. The van der Waals surface area contributed by atoms with Gasteiger partial charge in [-0.15, -0.1) is 0 Å². The number of carbonyl (C=O) groups excluding carboxylic acids is 2.